The van der Waals surface area contributed by atoms with Gasteiger partial charge in [0.25, 0.3) is 0 Å². The molecule has 0 atom stereocenters. The second-order valence-electron chi connectivity index (χ2n) is 11.1. The Morgan fingerprint density at radius 2 is 1.89 bits per heavy atom. The number of alkyl halides is 3. The lowest BCUT2D eigenvalue weighted by molar-refractivity contribution is -0.137. The third-order valence-corrected chi connectivity index (χ3v) is 7.76. The number of ether oxygens (including phenoxy) is 1. The van der Waals surface area contributed by atoms with Crippen LogP contribution < -0.4 is 0 Å². The van der Waals surface area contributed by atoms with Gasteiger partial charge in [-0.15, -0.1) is 11.3 Å². The highest BCUT2D eigenvalue weighted by Gasteiger charge is 2.35. The Kier molecular flexibility index (Phi) is 8.02. The number of hydrogen-bond acceptors (Lipinski definition) is 7. The predicted octanol–water partition coefficient (Wildman–Crippen LogP) is 5.92. The SMILES string of the molecule is CN(Cc1ccc(C(F)(F)F)cc1-c1nccs1)C1(C)CCN(Cn2ccc(C(=O)OC(C)(C)C)n2)CC1. The highest BCUT2D eigenvalue weighted by Crippen LogP contribution is 2.36. The van der Waals surface area contributed by atoms with E-state index in [2.05, 4.69) is 26.8 Å². The van der Waals surface area contributed by atoms with Crippen LogP contribution in [0.25, 0.3) is 10.6 Å². The fraction of sp³-hybridized carbons (Fsp3) is 0.519. The van der Waals surface area contributed by atoms with Crippen molar-refractivity contribution in [2.24, 2.45) is 0 Å². The monoisotopic (exact) mass is 549 g/mol. The predicted molar refractivity (Wildman–Crippen MR) is 141 cm³/mol. The Hall–Kier alpha value is -2.76. The Morgan fingerprint density at radius 3 is 2.50 bits per heavy atom. The van der Waals surface area contributed by atoms with Gasteiger partial charge in [0.2, 0.25) is 0 Å². The minimum atomic E-state index is -4.41. The van der Waals surface area contributed by atoms with E-state index >= 15 is 0 Å². The van der Waals surface area contributed by atoms with Crippen molar-refractivity contribution >= 4 is 17.3 Å². The Balaban J connectivity index is 1.39. The zero-order chi connectivity index (χ0) is 27.7. The second kappa shape index (κ2) is 10.8. The van der Waals surface area contributed by atoms with Crippen molar-refractivity contribution in [1.82, 2.24) is 24.6 Å². The number of benzene rings is 1. The molecule has 38 heavy (non-hydrogen) atoms. The number of rotatable bonds is 7. The maximum absolute atomic E-state index is 13.4. The number of aromatic nitrogens is 3. The molecule has 0 radical (unpaired) electrons. The van der Waals surface area contributed by atoms with Gasteiger partial charge in [0.05, 0.1) is 12.2 Å². The molecule has 0 amide bonds. The molecule has 3 aromatic rings. The van der Waals surface area contributed by atoms with Crippen LogP contribution in [0.5, 0.6) is 0 Å². The Morgan fingerprint density at radius 1 is 1.18 bits per heavy atom. The van der Waals surface area contributed by atoms with Gasteiger partial charge in [-0.1, -0.05) is 6.07 Å². The van der Waals surface area contributed by atoms with Crippen LogP contribution in [0.1, 0.15) is 62.2 Å². The van der Waals surface area contributed by atoms with Gasteiger partial charge in [-0.2, -0.15) is 18.3 Å². The Labute approximate surface area is 225 Å². The van der Waals surface area contributed by atoms with Crippen LogP contribution in [0.3, 0.4) is 0 Å². The van der Waals surface area contributed by atoms with Gasteiger partial charge in [0.15, 0.2) is 5.69 Å². The summed E-state index contributed by atoms with van der Waals surface area (Å²) in [5.41, 5.74) is 0.278. The number of piperidine rings is 1. The summed E-state index contributed by atoms with van der Waals surface area (Å²) >= 11 is 1.34. The third kappa shape index (κ3) is 6.81. The summed E-state index contributed by atoms with van der Waals surface area (Å²) in [6, 6.07) is 5.61. The van der Waals surface area contributed by atoms with Crippen molar-refractivity contribution in [3.63, 3.8) is 0 Å². The van der Waals surface area contributed by atoms with Crippen LogP contribution in [0.15, 0.2) is 42.0 Å². The molecule has 1 fully saturated rings. The third-order valence-electron chi connectivity index (χ3n) is 6.96. The largest absolute Gasteiger partial charge is 0.455 e. The first-order valence-corrected chi connectivity index (χ1v) is 13.4. The molecule has 4 rings (SSSR count). The van der Waals surface area contributed by atoms with Gasteiger partial charge in [0.1, 0.15) is 10.6 Å². The summed E-state index contributed by atoms with van der Waals surface area (Å²) in [7, 11) is 2.03. The fourth-order valence-corrected chi connectivity index (χ4v) is 5.22. The van der Waals surface area contributed by atoms with E-state index in [0.717, 1.165) is 37.6 Å². The van der Waals surface area contributed by atoms with Crippen LogP contribution in [0, 0.1) is 0 Å². The van der Waals surface area contributed by atoms with E-state index < -0.39 is 23.3 Å². The van der Waals surface area contributed by atoms with Crippen LogP contribution in [-0.2, 0) is 24.1 Å². The molecule has 0 saturated carbocycles. The lowest BCUT2D eigenvalue weighted by Gasteiger charge is -2.45. The normalized spacial score (nSPS) is 16.7. The second-order valence-corrected chi connectivity index (χ2v) is 12.0. The average molecular weight is 550 g/mol. The quantitative estimate of drug-likeness (QED) is 0.341. The van der Waals surface area contributed by atoms with E-state index in [1.165, 1.54) is 17.4 Å². The summed E-state index contributed by atoms with van der Waals surface area (Å²) in [6.07, 6.45) is 0.760. The molecular formula is C27H34F3N5O2S. The molecule has 3 heterocycles. The summed E-state index contributed by atoms with van der Waals surface area (Å²) < 4.78 is 47.3. The summed E-state index contributed by atoms with van der Waals surface area (Å²) in [5.74, 6) is -0.440. The van der Waals surface area contributed by atoms with Crippen molar-refractivity contribution in [1.29, 1.82) is 0 Å². The maximum Gasteiger partial charge on any atom is 0.416 e. The van der Waals surface area contributed by atoms with Gasteiger partial charge < -0.3 is 4.74 Å². The van der Waals surface area contributed by atoms with Crippen LogP contribution in [-0.4, -0.2) is 61.8 Å². The first-order valence-electron chi connectivity index (χ1n) is 12.5. The average Bonchev–Trinajstić information content (AvgIpc) is 3.52. The van der Waals surface area contributed by atoms with Crippen LogP contribution in [0.4, 0.5) is 13.2 Å². The van der Waals surface area contributed by atoms with E-state index in [9.17, 15) is 18.0 Å². The minimum absolute atomic E-state index is 0.120. The lowest BCUT2D eigenvalue weighted by Crippen LogP contribution is -2.52. The van der Waals surface area contributed by atoms with Crippen molar-refractivity contribution in [2.75, 3.05) is 20.1 Å². The standard InChI is InChI=1S/C27H34F3N5O2S/c1-25(2,3)37-24(36)22-8-12-35(32-22)18-34-13-9-26(4,10-14-34)33(5)17-19-6-7-20(27(28,29)30)16-21(19)23-31-11-15-38-23/h6-8,11-12,15-16H,9-10,13-14,17-18H2,1-5H3. The number of halogens is 3. The number of hydrogen-bond donors (Lipinski definition) is 0. The van der Waals surface area contributed by atoms with E-state index in [4.69, 9.17) is 4.74 Å². The van der Waals surface area contributed by atoms with Crippen molar-refractivity contribution in [3.05, 3.63) is 58.9 Å². The molecule has 0 spiro atoms. The van der Waals surface area contributed by atoms with E-state index in [0.29, 0.717) is 23.8 Å². The topological polar surface area (TPSA) is 63.5 Å². The number of esters is 1. The molecular weight excluding hydrogens is 515 g/mol. The molecule has 0 N–H and O–H groups in total. The highest BCUT2D eigenvalue weighted by molar-refractivity contribution is 7.13. The number of nitrogens with zero attached hydrogens (tertiary/aromatic N) is 5. The first kappa shape index (κ1) is 28.3. The zero-order valence-electron chi connectivity index (χ0n) is 22.4. The fourth-order valence-electron chi connectivity index (χ4n) is 4.54. The summed E-state index contributed by atoms with van der Waals surface area (Å²) in [6.45, 7) is 10.4. The molecule has 1 saturated heterocycles. The molecule has 0 unspecified atom stereocenters. The van der Waals surface area contributed by atoms with Crippen molar-refractivity contribution in [2.45, 2.75) is 71.1 Å². The number of carbonyl (C=O) groups is 1. The summed E-state index contributed by atoms with van der Waals surface area (Å²) in [4.78, 5) is 21.1. The van der Waals surface area contributed by atoms with Gasteiger partial charge in [-0.05, 0) is 71.3 Å². The van der Waals surface area contributed by atoms with Crippen molar-refractivity contribution in [3.8, 4) is 10.6 Å². The lowest BCUT2D eigenvalue weighted by atomic mass is 9.87. The number of carbonyl (C=O) groups excluding carboxylic acids is 1. The molecule has 7 nitrogen and oxygen atoms in total. The maximum atomic E-state index is 13.4. The summed E-state index contributed by atoms with van der Waals surface area (Å²) in [5, 5.41) is 6.74. The zero-order valence-corrected chi connectivity index (χ0v) is 23.2. The first-order chi connectivity index (χ1) is 17.7. The molecule has 0 aliphatic carbocycles. The van der Waals surface area contributed by atoms with Gasteiger partial charge >= 0.3 is 12.1 Å². The van der Waals surface area contributed by atoms with Crippen LogP contribution >= 0.6 is 11.3 Å². The minimum Gasteiger partial charge on any atom is -0.455 e. The van der Waals surface area contributed by atoms with E-state index in [1.807, 2.05) is 27.8 Å². The van der Waals surface area contributed by atoms with Crippen molar-refractivity contribution < 1.29 is 22.7 Å². The molecule has 206 valence electrons. The molecule has 1 aromatic carbocycles. The molecule has 0 bridgehead atoms. The van der Waals surface area contributed by atoms with Gasteiger partial charge in [0, 0.05) is 48.5 Å². The van der Waals surface area contributed by atoms with Crippen LogP contribution in [0.2, 0.25) is 0 Å². The Bertz CT molecular complexity index is 1240. The van der Waals surface area contributed by atoms with E-state index in [-0.39, 0.29) is 11.2 Å². The molecule has 1 aliphatic heterocycles. The number of thiazole rings is 1. The van der Waals surface area contributed by atoms with Gasteiger partial charge in [-0.3, -0.25) is 14.5 Å². The number of likely N-dealkylation sites (tertiary alicyclic amines) is 1. The van der Waals surface area contributed by atoms with Gasteiger partial charge in [-0.25, -0.2) is 9.78 Å². The smallest absolute Gasteiger partial charge is 0.416 e. The van der Waals surface area contributed by atoms with E-state index in [1.54, 1.807) is 34.6 Å². The highest BCUT2D eigenvalue weighted by atomic mass is 32.1. The molecule has 1 aliphatic rings. The molecule has 11 heteroatoms. The molecule has 2 aromatic heterocycles.